The van der Waals surface area contributed by atoms with Gasteiger partial charge in [-0.2, -0.15) is 0 Å². The van der Waals surface area contributed by atoms with Crippen LogP contribution in [0.2, 0.25) is 0 Å². The summed E-state index contributed by atoms with van der Waals surface area (Å²) in [5.74, 6) is 0.130. The highest BCUT2D eigenvalue weighted by molar-refractivity contribution is 7.09. The molecule has 5 nitrogen and oxygen atoms in total. The number of nitrogens with one attached hydrogen (secondary N) is 1. The first kappa shape index (κ1) is 25.1. The fraction of sp³-hybridized carbons (Fsp3) is 0.379. The van der Waals surface area contributed by atoms with Gasteiger partial charge in [0.2, 0.25) is 5.91 Å². The number of rotatable bonds is 10. The number of anilines is 1. The number of amides is 2. The molecular weight excluding hydrogens is 454 g/mol. The number of benzene rings is 2. The average Bonchev–Trinajstić information content (AvgIpc) is 3.56. The molecule has 1 aliphatic heterocycles. The molecule has 1 aromatic heterocycles. The molecule has 1 atom stereocenters. The minimum atomic E-state index is -0.0422. The molecule has 0 bridgehead atoms. The maximum absolute atomic E-state index is 12.7. The van der Waals surface area contributed by atoms with E-state index in [-0.39, 0.29) is 11.8 Å². The predicted molar refractivity (Wildman–Crippen MR) is 145 cm³/mol. The van der Waals surface area contributed by atoms with Crippen LogP contribution in [-0.4, -0.2) is 42.4 Å². The Hall–Kier alpha value is -2.96. The van der Waals surface area contributed by atoms with Crippen LogP contribution in [0, 0.1) is 0 Å². The van der Waals surface area contributed by atoms with Gasteiger partial charge in [-0.15, -0.1) is 11.3 Å². The molecule has 2 amide bonds. The lowest BCUT2D eigenvalue weighted by molar-refractivity contribution is -0.118. The van der Waals surface area contributed by atoms with Crippen LogP contribution in [0.4, 0.5) is 5.69 Å². The zero-order chi connectivity index (χ0) is 24.8. The summed E-state index contributed by atoms with van der Waals surface area (Å²) < 4.78 is 0. The Morgan fingerprint density at radius 1 is 1.09 bits per heavy atom. The van der Waals surface area contributed by atoms with E-state index in [0.29, 0.717) is 24.6 Å². The van der Waals surface area contributed by atoms with Gasteiger partial charge in [0.25, 0.3) is 5.91 Å². The number of carbonyl (C=O) groups excluding carboxylic acids is 2. The second-order valence-electron chi connectivity index (χ2n) is 9.13. The molecule has 1 aliphatic rings. The third kappa shape index (κ3) is 6.00. The van der Waals surface area contributed by atoms with E-state index in [1.807, 2.05) is 42.2 Å². The first-order chi connectivity index (χ1) is 17.0. The quantitative estimate of drug-likeness (QED) is 0.395. The highest BCUT2D eigenvalue weighted by Crippen LogP contribution is 2.32. The van der Waals surface area contributed by atoms with Crippen LogP contribution in [0.25, 0.3) is 11.1 Å². The summed E-state index contributed by atoms with van der Waals surface area (Å²) in [4.78, 5) is 30.6. The SMILES string of the molecule is CCC(=O)N1CCc2cc(-c3ccc(C(=O)NCCN(Cc4cccs4)[C@H](C)CC)cc3)ccc21. The van der Waals surface area contributed by atoms with Gasteiger partial charge in [-0.25, -0.2) is 0 Å². The second kappa shape index (κ2) is 11.6. The van der Waals surface area contributed by atoms with Gasteiger partial charge in [-0.3, -0.25) is 14.5 Å². The number of fused-ring (bicyclic) bond motifs is 1. The van der Waals surface area contributed by atoms with E-state index < -0.39 is 0 Å². The molecule has 35 heavy (non-hydrogen) atoms. The van der Waals surface area contributed by atoms with Crippen molar-refractivity contribution in [3.05, 3.63) is 76.0 Å². The molecule has 0 unspecified atom stereocenters. The van der Waals surface area contributed by atoms with E-state index in [2.05, 4.69) is 53.7 Å². The molecule has 2 heterocycles. The van der Waals surface area contributed by atoms with E-state index in [4.69, 9.17) is 0 Å². The molecular formula is C29H35N3O2S. The molecule has 0 saturated heterocycles. The van der Waals surface area contributed by atoms with Crippen LogP contribution in [0.5, 0.6) is 0 Å². The Morgan fingerprint density at radius 3 is 2.54 bits per heavy atom. The molecule has 0 aliphatic carbocycles. The summed E-state index contributed by atoms with van der Waals surface area (Å²) in [6.45, 7) is 9.46. The van der Waals surface area contributed by atoms with Gasteiger partial charge in [0.1, 0.15) is 0 Å². The summed E-state index contributed by atoms with van der Waals surface area (Å²) in [7, 11) is 0. The van der Waals surface area contributed by atoms with Crippen LogP contribution in [-0.2, 0) is 17.8 Å². The Bertz CT molecular complexity index is 1140. The summed E-state index contributed by atoms with van der Waals surface area (Å²) >= 11 is 1.78. The zero-order valence-electron chi connectivity index (χ0n) is 20.9. The molecule has 0 saturated carbocycles. The minimum absolute atomic E-state index is 0.0422. The second-order valence-corrected chi connectivity index (χ2v) is 10.2. The van der Waals surface area contributed by atoms with Crippen molar-refractivity contribution in [2.75, 3.05) is 24.5 Å². The standard InChI is InChI=1S/C29H35N3O2S/c1-4-21(3)31(20-26-7-6-18-35-26)17-15-30-29(34)23-10-8-22(9-11-23)24-12-13-27-25(19-24)14-16-32(27)28(33)5-2/h6-13,18-19,21H,4-5,14-17,20H2,1-3H3,(H,30,34)/t21-/m1/s1. The third-order valence-electron chi connectivity index (χ3n) is 6.90. The molecule has 3 aromatic rings. The van der Waals surface area contributed by atoms with Gasteiger partial charge in [-0.1, -0.05) is 38.1 Å². The van der Waals surface area contributed by atoms with Crippen molar-refractivity contribution in [3.63, 3.8) is 0 Å². The van der Waals surface area contributed by atoms with Crippen molar-refractivity contribution in [2.45, 2.75) is 52.6 Å². The Morgan fingerprint density at radius 2 is 1.86 bits per heavy atom. The number of thiophene rings is 1. The molecule has 0 spiro atoms. The van der Waals surface area contributed by atoms with Crippen LogP contribution < -0.4 is 10.2 Å². The molecule has 184 valence electrons. The van der Waals surface area contributed by atoms with Crippen molar-refractivity contribution in [3.8, 4) is 11.1 Å². The normalized spacial score (nSPS) is 13.7. The molecule has 0 fully saturated rings. The zero-order valence-corrected chi connectivity index (χ0v) is 21.7. The van der Waals surface area contributed by atoms with E-state index in [1.165, 1.54) is 10.4 Å². The minimum Gasteiger partial charge on any atom is -0.351 e. The van der Waals surface area contributed by atoms with Gasteiger partial charge in [0.05, 0.1) is 0 Å². The van der Waals surface area contributed by atoms with E-state index in [0.717, 1.165) is 49.3 Å². The molecule has 4 rings (SSSR count). The number of carbonyl (C=O) groups is 2. The largest absolute Gasteiger partial charge is 0.351 e. The maximum Gasteiger partial charge on any atom is 0.251 e. The summed E-state index contributed by atoms with van der Waals surface area (Å²) in [6.07, 6.45) is 2.49. The van der Waals surface area contributed by atoms with Gasteiger partial charge in [0.15, 0.2) is 0 Å². The molecule has 6 heteroatoms. The van der Waals surface area contributed by atoms with Gasteiger partial charge < -0.3 is 10.2 Å². The highest BCUT2D eigenvalue weighted by Gasteiger charge is 2.23. The van der Waals surface area contributed by atoms with Gasteiger partial charge in [-0.05, 0) is 72.2 Å². The number of nitrogens with zero attached hydrogens (tertiary/aromatic N) is 2. The Balaban J connectivity index is 1.35. The first-order valence-corrected chi connectivity index (χ1v) is 13.5. The molecule has 0 radical (unpaired) electrons. The van der Waals surface area contributed by atoms with Crippen molar-refractivity contribution in [1.29, 1.82) is 0 Å². The highest BCUT2D eigenvalue weighted by atomic mass is 32.1. The summed E-state index contributed by atoms with van der Waals surface area (Å²) in [5, 5.41) is 5.20. The number of hydrogen-bond donors (Lipinski definition) is 1. The monoisotopic (exact) mass is 489 g/mol. The Kier molecular flexibility index (Phi) is 8.37. The predicted octanol–water partition coefficient (Wildman–Crippen LogP) is 5.74. The van der Waals surface area contributed by atoms with Crippen molar-refractivity contribution in [1.82, 2.24) is 10.2 Å². The van der Waals surface area contributed by atoms with E-state index >= 15 is 0 Å². The van der Waals surface area contributed by atoms with Crippen LogP contribution in [0.1, 0.15) is 54.4 Å². The fourth-order valence-corrected chi connectivity index (χ4v) is 5.31. The summed E-state index contributed by atoms with van der Waals surface area (Å²) in [5.41, 5.74) is 5.09. The van der Waals surface area contributed by atoms with Crippen molar-refractivity contribution >= 4 is 28.8 Å². The Labute approximate surface area is 212 Å². The topological polar surface area (TPSA) is 52.7 Å². The van der Waals surface area contributed by atoms with Crippen molar-refractivity contribution in [2.24, 2.45) is 0 Å². The van der Waals surface area contributed by atoms with Crippen LogP contribution in [0.15, 0.2) is 60.0 Å². The summed E-state index contributed by atoms with van der Waals surface area (Å²) in [6, 6.07) is 18.8. The van der Waals surface area contributed by atoms with Gasteiger partial charge in [0, 0.05) is 54.8 Å². The van der Waals surface area contributed by atoms with E-state index in [9.17, 15) is 9.59 Å². The first-order valence-electron chi connectivity index (χ1n) is 12.6. The van der Waals surface area contributed by atoms with Crippen molar-refractivity contribution < 1.29 is 9.59 Å². The molecule has 1 N–H and O–H groups in total. The maximum atomic E-state index is 12.7. The van der Waals surface area contributed by atoms with Gasteiger partial charge >= 0.3 is 0 Å². The van der Waals surface area contributed by atoms with Crippen LogP contribution in [0.3, 0.4) is 0 Å². The third-order valence-corrected chi connectivity index (χ3v) is 7.76. The lowest BCUT2D eigenvalue weighted by Crippen LogP contribution is -2.39. The van der Waals surface area contributed by atoms with Crippen LogP contribution >= 0.6 is 11.3 Å². The lowest BCUT2D eigenvalue weighted by Gasteiger charge is -2.28. The van der Waals surface area contributed by atoms with E-state index in [1.54, 1.807) is 11.3 Å². The number of hydrogen-bond acceptors (Lipinski definition) is 4. The lowest BCUT2D eigenvalue weighted by atomic mass is 10.0. The average molecular weight is 490 g/mol. The molecule has 2 aromatic carbocycles. The fourth-order valence-electron chi connectivity index (χ4n) is 4.58. The smallest absolute Gasteiger partial charge is 0.251 e.